The number of hydrogen-bond acceptors (Lipinski definition) is 2. The van der Waals surface area contributed by atoms with Gasteiger partial charge in [-0.15, -0.1) is 13.2 Å². The Labute approximate surface area is 136 Å². The van der Waals surface area contributed by atoms with Crippen molar-refractivity contribution in [2.24, 2.45) is 10.9 Å². The zero-order valence-electron chi connectivity index (χ0n) is 12.7. The Morgan fingerprint density at radius 3 is 2.58 bits per heavy atom. The minimum Gasteiger partial charge on any atom is -0.405 e. The van der Waals surface area contributed by atoms with E-state index >= 15 is 0 Å². The van der Waals surface area contributed by atoms with Gasteiger partial charge < -0.3 is 9.30 Å². The zero-order chi connectivity index (χ0) is 17.2. The molecule has 7 heteroatoms. The molecule has 0 saturated heterocycles. The fraction of sp³-hybridized carbons (Fsp3) is 0.294. The predicted molar refractivity (Wildman–Crippen MR) is 80.2 cm³/mol. The van der Waals surface area contributed by atoms with Crippen LogP contribution in [0.1, 0.15) is 23.2 Å². The lowest BCUT2D eigenvalue weighted by Gasteiger charge is -2.11. The topological polar surface area (TPSA) is 43.6 Å². The van der Waals surface area contributed by atoms with Crippen LogP contribution in [0, 0.1) is 5.92 Å². The molecule has 1 aliphatic carbocycles. The number of para-hydroxylation sites is 1. The first-order valence-electron chi connectivity index (χ1n) is 7.52. The van der Waals surface area contributed by atoms with E-state index in [0.29, 0.717) is 11.4 Å². The van der Waals surface area contributed by atoms with Crippen LogP contribution in [0.2, 0.25) is 0 Å². The number of benzene rings is 1. The second kappa shape index (κ2) is 6.51. The average molecular weight is 336 g/mol. The third-order valence-corrected chi connectivity index (χ3v) is 3.63. The number of halogens is 3. The van der Waals surface area contributed by atoms with E-state index in [9.17, 15) is 18.0 Å². The maximum atomic E-state index is 12.5. The normalized spacial score (nSPS) is 15.4. The van der Waals surface area contributed by atoms with E-state index in [0.717, 1.165) is 25.5 Å². The van der Waals surface area contributed by atoms with E-state index in [1.54, 1.807) is 12.1 Å². The van der Waals surface area contributed by atoms with Gasteiger partial charge in [-0.3, -0.25) is 4.79 Å². The summed E-state index contributed by atoms with van der Waals surface area (Å²) in [6.07, 6.45) is -0.785. The number of ether oxygens (including phenoxy) is 1. The molecule has 3 rings (SSSR count). The summed E-state index contributed by atoms with van der Waals surface area (Å²) < 4.78 is 43.1. The molecule has 0 unspecified atom stereocenters. The average Bonchev–Trinajstić information content (AvgIpc) is 3.32. The number of rotatable bonds is 4. The molecule has 1 amide bonds. The predicted octanol–water partition coefficient (Wildman–Crippen LogP) is 3.54. The first kappa shape index (κ1) is 16.3. The van der Waals surface area contributed by atoms with Crippen molar-refractivity contribution in [3.63, 3.8) is 0 Å². The molecule has 4 nitrogen and oxygen atoms in total. The Morgan fingerprint density at radius 2 is 1.88 bits per heavy atom. The zero-order valence-corrected chi connectivity index (χ0v) is 12.7. The number of carbonyl (C=O) groups is 1. The van der Waals surface area contributed by atoms with Crippen molar-refractivity contribution in [3.8, 4) is 5.75 Å². The summed E-state index contributed by atoms with van der Waals surface area (Å²) in [5, 5.41) is 0. The molecule has 1 saturated carbocycles. The Morgan fingerprint density at radius 1 is 1.17 bits per heavy atom. The van der Waals surface area contributed by atoms with E-state index in [2.05, 4.69) is 9.73 Å². The molecule has 0 atom stereocenters. The van der Waals surface area contributed by atoms with Crippen LogP contribution in [-0.4, -0.2) is 16.8 Å². The van der Waals surface area contributed by atoms with E-state index < -0.39 is 18.0 Å². The van der Waals surface area contributed by atoms with Gasteiger partial charge in [0.25, 0.3) is 5.91 Å². The Kier molecular flexibility index (Phi) is 4.42. The molecule has 1 aromatic heterocycles. The van der Waals surface area contributed by atoms with Gasteiger partial charge in [0.05, 0.1) is 5.56 Å². The third-order valence-electron chi connectivity index (χ3n) is 3.63. The van der Waals surface area contributed by atoms with Crippen LogP contribution in [0.25, 0.3) is 0 Å². The van der Waals surface area contributed by atoms with Crippen LogP contribution >= 0.6 is 0 Å². The Hall–Kier alpha value is -2.57. The number of carbonyl (C=O) groups excluding carboxylic acids is 1. The third kappa shape index (κ3) is 4.24. The Bertz CT molecular complexity index is 808. The van der Waals surface area contributed by atoms with E-state index in [1.165, 1.54) is 18.2 Å². The van der Waals surface area contributed by atoms with Gasteiger partial charge >= 0.3 is 6.36 Å². The number of hydrogen-bond donors (Lipinski definition) is 0. The maximum Gasteiger partial charge on any atom is 0.573 e. The molecule has 0 spiro atoms. The van der Waals surface area contributed by atoms with Crippen molar-refractivity contribution in [2.75, 3.05) is 0 Å². The SMILES string of the molecule is O=C(/N=c1\ccccn1CC1CC1)c1ccccc1OC(F)(F)F. The first-order chi connectivity index (χ1) is 11.4. The second-order valence-electron chi connectivity index (χ2n) is 5.62. The standard InChI is InChI=1S/C17H15F3N2O2/c18-17(19,20)24-14-6-2-1-5-13(14)16(23)21-15-7-3-4-10-22(15)11-12-8-9-12/h1-7,10,12H,8-9,11H2/b21-15+. The molecule has 1 fully saturated rings. The highest BCUT2D eigenvalue weighted by Gasteiger charge is 2.32. The van der Waals surface area contributed by atoms with Gasteiger partial charge in [-0.05, 0) is 43.0 Å². The van der Waals surface area contributed by atoms with Crippen molar-refractivity contribution >= 4 is 5.91 Å². The number of alkyl halides is 3. The molecule has 0 aliphatic heterocycles. The summed E-state index contributed by atoms with van der Waals surface area (Å²) in [7, 11) is 0. The van der Waals surface area contributed by atoms with Gasteiger partial charge in [-0.1, -0.05) is 18.2 Å². The number of amides is 1. The number of aromatic nitrogens is 1. The van der Waals surface area contributed by atoms with Crippen LogP contribution in [-0.2, 0) is 6.54 Å². The summed E-state index contributed by atoms with van der Waals surface area (Å²) in [6.45, 7) is 0.744. The molecular weight excluding hydrogens is 321 g/mol. The van der Waals surface area contributed by atoms with Gasteiger partial charge in [0.2, 0.25) is 0 Å². The molecule has 0 radical (unpaired) electrons. The van der Waals surface area contributed by atoms with Crippen LogP contribution in [0.15, 0.2) is 53.7 Å². The number of nitrogens with zero attached hydrogens (tertiary/aromatic N) is 2. The maximum absolute atomic E-state index is 12.5. The van der Waals surface area contributed by atoms with Crippen LogP contribution in [0.3, 0.4) is 0 Å². The van der Waals surface area contributed by atoms with Gasteiger partial charge in [-0.25, -0.2) is 0 Å². The van der Waals surface area contributed by atoms with Crippen molar-refractivity contribution in [1.29, 1.82) is 0 Å². The highest BCUT2D eigenvalue weighted by Crippen LogP contribution is 2.30. The van der Waals surface area contributed by atoms with Crippen molar-refractivity contribution in [3.05, 3.63) is 59.7 Å². The fourth-order valence-electron chi connectivity index (χ4n) is 2.32. The summed E-state index contributed by atoms with van der Waals surface area (Å²) >= 11 is 0. The van der Waals surface area contributed by atoms with Gasteiger partial charge in [0.1, 0.15) is 11.2 Å². The highest BCUT2D eigenvalue weighted by atomic mass is 19.4. The van der Waals surface area contributed by atoms with Gasteiger partial charge in [0.15, 0.2) is 0 Å². The Balaban J connectivity index is 1.93. The molecule has 126 valence electrons. The van der Waals surface area contributed by atoms with Gasteiger partial charge in [0, 0.05) is 12.7 Å². The largest absolute Gasteiger partial charge is 0.573 e. The molecule has 1 heterocycles. The molecule has 0 bridgehead atoms. The quantitative estimate of drug-likeness (QED) is 0.857. The van der Waals surface area contributed by atoms with E-state index in [1.807, 2.05) is 16.8 Å². The lowest BCUT2D eigenvalue weighted by molar-refractivity contribution is -0.274. The minimum atomic E-state index is -4.87. The van der Waals surface area contributed by atoms with Crippen LogP contribution < -0.4 is 10.2 Å². The van der Waals surface area contributed by atoms with Crippen molar-refractivity contribution < 1.29 is 22.7 Å². The van der Waals surface area contributed by atoms with Crippen LogP contribution in [0.4, 0.5) is 13.2 Å². The second-order valence-corrected chi connectivity index (χ2v) is 5.62. The summed E-state index contributed by atoms with van der Waals surface area (Å²) in [6, 6.07) is 10.4. The van der Waals surface area contributed by atoms with Gasteiger partial charge in [-0.2, -0.15) is 4.99 Å². The summed E-state index contributed by atoms with van der Waals surface area (Å²) in [4.78, 5) is 16.3. The first-order valence-corrected chi connectivity index (χ1v) is 7.52. The van der Waals surface area contributed by atoms with Crippen molar-refractivity contribution in [2.45, 2.75) is 25.7 Å². The molecule has 0 N–H and O–H groups in total. The minimum absolute atomic E-state index is 0.225. The molecule has 2 aromatic rings. The molecule has 1 aliphatic rings. The molecular formula is C17H15F3N2O2. The smallest absolute Gasteiger partial charge is 0.405 e. The van der Waals surface area contributed by atoms with E-state index in [-0.39, 0.29) is 5.56 Å². The highest BCUT2D eigenvalue weighted by molar-refractivity contribution is 5.97. The lowest BCUT2D eigenvalue weighted by atomic mass is 10.2. The molecule has 24 heavy (non-hydrogen) atoms. The fourth-order valence-corrected chi connectivity index (χ4v) is 2.32. The summed E-state index contributed by atoms with van der Waals surface area (Å²) in [5.41, 5.74) is 0.188. The lowest BCUT2D eigenvalue weighted by Crippen LogP contribution is -2.23. The van der Waals surface area contributed by atoms with E-state index in [4.69, 9.17) is 0 Å². The van der Waals surface area contributed by atoms with Crippen LogP contribution in [0.5, 0.6) is 5.75 Å². The monoisotopic (exact) mass is 336 g/mol. The number of pyridine rings is 1. The van der Waals surface area contributed by atoms with Crippen molar-refractivity contribution in [1.82, 2.24) is 4.57 Å². The molecule has 1 aromatic carbocycles. The summed E-state index contributed by atoms with van der Waals surface area (Å²) in [5.74, 6) is -0.753.